The summed E-state index contributed by atoms with van der Waals surface area (Å²) in [7, 11) is 1.69. The number of fused-ring (bicyclic) bond motifs is 1. The van der Waals surface area contributed by atoms with Crippen molar-refractivity contribution >= 4 is 22.4 Å². The molecule has 0 aliphatic rings. The molecule has 2 heterocycles. The van der Waals surface area contributed by atoms with Gasteiger partial charge in [0.1, 0.15) is 12.3 Å². The van der Waals surface area contributed by atoms with Crippen molar-refractivity contribution in [3.63, 3.8) is 0 Å². The molecule has 0 radical (unpaired) electrons. The molecule has 0 spiro atoms. The predicted octanol–water partition coefficient (Wildman–Crippen LogP) is 5.32. The van der Waals surface area contributed by atoms with Crippen molar-refractivity contribution in [3.8, 4) is 16.8 Å². The zero-order chi connectivity index (χ0) is 28.7. The van der Waals surface area contributed by atoms with Gasteiger partial charge < -0.3 is 14.6 Å². The van der Waals surface area contributed by atoms with Crippen molar-refractivity contribution in [3.05, 3.63) is 86.7 Å². The third-order valence-electron chi connectivity index (χ3n) is 6.46. The summed E-state index contributed by atoms with van der Waals surface area (Å²) in [5, 5.41) is 9.09. The van der Waals surface area contributed by atoms with Crippen LogP contribution in [0, 0.1) is 0 Å². The topological polar surface area (TPSA) is 95.2 Å². The maximum absolute atomic E-state index is 13.7. The van der Waals surface area contributed by atoms with Crippen LogP contribution in [0.15, 0.2) is 64.4 Å². The SMILES string of the molecule is CC(=O)OCc1c(-c2cc(NC(C)(C)C)c(=O)n(C)c2)cccc1-n1ncc2cc(C(C)(C)C)ccc2c1=O. The molecule has 4 aromatic rings. The summed E-state index contributed by atoms with van der Waals surface area (Å²) in [4.78, 5) is 38.3. The Morgan fingerprint density at radius 3 is 2.36 bits per heavy atom. The maximum atomic E-state index is 13.7. The van der Waals surface area contributed by atoms with E-state index in [1.165, 1.54) is 16.2 Å². The van der Waals surface area contributed by atoms with Gasteiger partial charge in [0.2, 0.25) is 0 Å². The summed E-state index contributed by atoms with van der Waals surface area (Å²) in [6, 6.07) is 13.1. The number of rotatable bonds is 5. The normalized spacial score (nSPS) is 12.0. The molecule has 0 saturated heterocycles. The summed E-state index contributed by atoms with van der Waals surface area (Å²) in [6.45, 7) is 13.6. The van der Waals surface area contributed by atoms with Crippen LogP contribution in [0.3, 0.4) is 0 Å². The van der Waals surface area contributed by atoms with Gasteiger partial charge in [0.25, 0.3) is 11.1 Å². The number of benzene rings is 2. The van der Waals surface area contributed by atoms with Crippen LogP contribution >= 0.6 is 0 Å². The number of carbonyl (C=O) groups is 1. The highest BCUT2D eigenvalue weighted by Crippen LogP contribution is 2.31. The molecule has 0 fully saturated rings. The summed E-state index contributed by atoms with van der Waals surface area (Å²) in [5.74, 6) is -0.445. The lowest BCUT2D eigenvalue weighted by molar-refractivity contribution is -0.142. The molecular weight excluding hydrogens is 492 g/mol. The van der Waals surface area contributed by atoms with Crippen molar-refractivity contribution in [2.45, 2.75) is 66.0 Å². The predicted molar refractivity (Wildman–Crippen MR) is 156 cm³/mol. The molecule has 204 valence electrons. The number of ether oxygens (including phenoxy) is 1. The van der Waals surface area contributed by atoms with E-state index < -0.39 is 5.97 Å². The Morgan fingerprint density at radius 1 is 1.00 bits per heavy atom. The van der Waals surface area contributed by atoms with Gasteiger partial charge in [0, 0.05) is 42.2 Å². The van der Waals surface area contributed by atoms with E-state index in [9.17, 15) is 14.4 Å². The van der Waals surface area contributed by atoms with Gasteiger partial charge in [0.15, 0.2) is 0 Å². The van der Waals surface area contributed by atoms with Crippen LogP contribution in [-0.4, -0.2) is 25.9 Å². The Balaban J connectivity index is 1.94. The highest BCUT2D eigenvalue weighted by atomic mass is 16.5. The van der Waals surface area contributed by atoms with E-state index in [-0.39, 0.29) is 28.7 Å². The lowest BCUT2D eigenvalue weighted by atomic mass is 9.86. The quantitative estimate of drug-likeness (QED) is 0.352. The molecule has 4 rings (SSSR count). The maximum Gasteiger partial charge on any atom is 0.302 e. The van der Waals surface area contributed by atoms with Crippen LogP contribution in [0.25, 0.3) is 27.6 Å². The zero-order valence-corrected chi connectivity index (χ0v) is 23.9. The average Bonchev–Trinajstić information content (AvgIpc) is 2.84. The van der Waals surface area contributed by atoms with Crippen molar-refractivity contribution in [1.82, 2.24) is 14.3 Å². The number of carbonyl (C=O) groups excluding carboxylic acids is 1. The van der Waals surface area contributed by atoms with Crippen LogP contribution in [0.2, 0.25) is 0 Å². The minimum atomic E-state index is -0.445. The number of nitrogens with one attached hydrogen (secondary N) is 1. The van der Waals surface area contributed by atoms with Gasteiger partial charge in [-0.3, -0.25) is 14.4 Å². The first kappa shape index (κ1) is 27.8. The van der Waals surface area contributed by atoms with E-state index >= 15 is 0 Å². The van der Waals surface area contributed by atoms with Gasteiger partial charge in [-0.25, -0.2) is 0 Å². The fourth-order valence-corrected chi connectivity index (χ4v) is 4.51. The molecule has 39 heavy (non-hydrogen) atoms. The summed E-state index contributed by atoms with van der Waals surface area (Å²) in [6.07, 6.45) is 3.42. The molecule has 0 aliphatic carbocycles. The summed E-state index contributed by atoms with van der Waals surface area (Å²) < 4.78 is 8.29. The molecule has 0 amide bonds. The number of aryl methyl sites for hydroxylation is 1. The fourth-order valence-electron chi connectivity index (χ4n) is 4.51. The Labute approximate surface area is 228 Å². The van der Waals surface area contributed by atoms with E-state index in [0.29, 0.717) is 22.3 Å². The van der Waals surface area contributed by atoms with Gasteiger partial charge in [-0.05, 0) is 61.6 Å². The molecular formula is C31H36N4O4. The Hall–Kier alpha value is -4.20. The van der Waals surface area contributed by atoms with Gasteiger partial charge in [-0.15, -0.1) is 0 Å². The number of aromatic nitrogens is 3. The van der Waals surface area contributed by atoms with E-state index in [0.717, 1.165) is 22.1 Å². The molecule has 0 saturated carbocycles. The van der Waals surface area contributed by atoms with Crippen LogP contribution < -0.4 is 16.4 Å². The number of anilines is 1. The molecule has 1 N–H and O–H groups in total. The second-order valence-electron chi connectivity index (χ2n) is 11.9. The molecule has 0 bridgehead atoms. The summed E-state index contributed by atoms with van der Waals surface area (Å²) >= 11 is 0. The van der Waals surface area contributed by atoms with Crippen LogP contribution in [0.5, 0.6) is 0 Å². The Bertz CT molecular complexity index is 1680. The molecule has 8 heteroatoms. The van der Waals surface area contributed by atoms with Crippen molar-refractivity contribution in [1.29, 1.82) is 0 Å². The minimum absolute atomic E-state index is 0.0644. The van der Waals surface area contributed by atoms with E-state index in [2.05, 4.69) is 31.2 Å². The second kappa shape index (κ2) is 10.2. The van der Waals surface area contributed by atoms with Gasteiger partial charge in [0.05, 0.1) is 17.3 Å². The third-order valence-corrected chi connectivity index (χ3v) is 6.46. The average molecular weight is 529 g/mol. The van der Waals surface area contributed by atoms with Crippen molar-refractivity contribution < 1.29 is 9.53 Å². The monoisotopic (exact) mass is 528 g/mol. The van der Waals surface area contributed by atoms with Crippen molar-refractivity contribution in [2.75, 3.05) is 5.32 Å². The molecule has 0 aliphatic heterocycles. The first-order valence-electron chi connectivity index (χ1n) is 12.9. The van der Waals surface area contributed by atoms with Gasteiger partial charge >= 0.3 is 5.97 Å². The molecule has 0 atom stereocenters. The first-order chi connectivity index (χ1) is 18.2. The standard InChI is InChI=1S/C31H36N4O4/c1-19(36)39-18-25-23(21-15-26(33-31(5,6)7)29(38)34(8)17-21)10-9-11-27(25)35-28(37)24-13-12-22(30(2,3)4)14-20(24)16-32-35/h9-17,33H,18H2,1-8H3. The van der Waals surface area contributed by atoms with Crippen LogP contribution in [0.4, 0.5) is 5.69 Å². The lowest BCUT2D eigenvalue weighted by Crippen LogP contribution is -2.31. The number of esters is 1. The highest BCUT2D eigenvalue weighted by Gasteiger charge is 2.20. The molecule has 0 unspecified atom stereocenters. The van der Waals surface area contributed by atoms with Crippen LogP contribution in [0.1, 0.15) is 59.6 Å². The van der Waals surface area contributed by atoms with E-state index in [4.69, 9.17) is 4.74 Å². The number of hydrogen-bond donors (Lipinski definition) is 1. The Morgan fingerprint density at radius 2 is 1.72 bits per heavy atom. The Kier molecular flexibility index (Phi) is 7.25. The minimum Gasteiger partial charge on any atom is -0.461 e. The van der Waals surface area contributed by atoms with E-state index in [1.54, 1.807) is 31.6 Å². The lowest BCUT2D eigenvalue weighted by Gasteiger charge is -2.23. The zero-order valence-electron chi connectivity index (χ0n) is 23.9. The largest absolute Gasteiger partial charge is 0.461 e. The van der Waals surface area contributed by atoms with Gasteiger partial charge in [-0.1, -0.05) is 39.0 Å². The molecule has 2 aromatic heterocycles. The smallest absolute Gasteiger partial charge is 0.302 e. The highest BCUT2D eigenvalue weighted by molar-refractivity contribution is 5.82. The van der Waals surface area contributed by atoms with Gasteiger partial charge in [-0.2, -0.15) is 9.78 Å². The van der Waals surface area contributed by atoms with Crippen molar-refractivity contribution in [2.24, 2.45) is 7.05 Å². The molecule has 2 aromatic carbocycles. The van der Waals surface area contributed by atoms with E-state index in [1.807, 2.05) is 51.1 Å². The number of nitrogens with zero attached hydrogens (tertiary/aromatic N) is 3. The third kappa shape index (κ3) is 5.95. The summed E-state index contributed by atoms with van der Waals surface area (Å²) in [5.41, 5.74) is 3.29. The molecule has 8 nitrogen and oxygen atoms in total. The fraction of sp³-hybridized carbons (Fsp3) is 0.355. The van der Waals surface area contributed by atoms with Crippen LogP contribution in [-0.2, 0) is 28.6 Å². The second-order valence-corrected chi connectivity index (χ2v) is 11.9. The first-order valence-corrected chi connectivity index (χ1v) is 12.9. The number of pyridine rings is 1. The number of hydrogen-bond acceptors (Lipinski definition) is 6.